The van der Waals surface area contributed by atoms with Crippen LogP contribution in [0.5, 0.6) is 0 Å². The van der Waals surface area contributed by atoms with Crippen molar-refractivity contribution in [1.29, 1.82) is 0 Å². The van der Waals surface area contributed by atoms with Crippen LogP contribution >= 0.6 is 15.9 Å². The van der Waals surface area contributed by atoms with Crippen molar-refractivity contribution in [3.05, 3.63) is 75.0 Å². The van der Waals surface area contributed by atoms with Crippen molar-refractivity contribution >= 4 is 38.4 Å². The van der Waals surface area contributed by atoms with Crippen molar-refractivity contribution in [3.8, 4) is 0 Å². The molecule has 0 aliphatic heterocycles. The summed E-state index contributed by atoms with van der Waals surface area (Å²) in [5, 5.41) is 3.51. The molecule has 0 aliphatic rings. The van der Waals surface area contributed by atoms with Gasteiger partial charge >= 0.3 is 0 Å². The highest BCUT2D eigenvalue weighted by molar-refractivity contribution is 9.10. The molecule has 26 heavy (non-hydrogen) atoms. The number of nitrogens with one attached hydrogen (secondary N) is 1. The molecule has 4 nitrogen and oxygen atoms in total. The molecule has 3 aromatic rings. The molecule has 0 fully saturated rings. The van der Waals surface area contributed by atoms with Crippen LogP contribution in [0.3, 0.4) is 0 Å². The molecule has 0 saturated heterocycles. The molecular formula is C21H21BrN2O2. The Kier molecular flexibility index (Phi) is 5.89. The Morgan fingerprint density at radius 3 is 2.62 bits per heavy atom. The van der Waals surface area contributed by atoms with Crippen molar-refractivity contribution in [2.24, 2.45) is 0 Å². The first-order chi connectivity index (χ1) is 12.6. The highest BCUT2D eigenvalue weighted by Crippen LogP contribution is 2.17. The number of benzene rings is 2. The van der Waals surface area contributed by atoms with Crippen molar-refractivity contribution in [2.45, 2.75) is 32.7 Å². The fourth-order valence-corrected chi connectivity index (χ4v) is 3.27. The number of pyridine rings is 1. The molecular weight excluding hydrogens is 392 g/mol. The van der Waals surface area contributed by atoms with E-state index in [0.29, 0.717) is 5.39 Å². The summed E-state index contributed by atoms with van der Waals surface area (Å²) in [6.07, 6.45) is 5.05. The summed E-state index contributed by atoms with van der Waals surface area (Å²) >= 11 is 3.38. The maximum absolute atomic E-state index is 12.4. The van der Waals surface area contributed by atoms with E-state index in [1.807, 2.05) is 24.3 Å². The van der Waals surface area contributed by atoms with Gasteiger partial charge in [-0.05, 0) is 48.7 Å². The van der Waals surface area contributed by atoms with E-state index in [1.54, 1.807) is 16.8 Å². The number of hydrogen-bond acceptors (Lipinski definition) is 2. The molecule has 0 saturated carbocycles. The first-order valence-electron chi connectivity index (χ1n) is 8.74. The third-order valence-corrected chi connectivity index (χ3v) is 4.80. The van der Waals surface area contributed by atoms with Crippen LogP contribution in [0, 0.1) is 0 Å². The summed E-state index contributed by atoms with van der Waals surface area (Å²) in [4.78, 5) is 24.4. The number of hydrogen-bond donors (Lipinski definition) is 1. The van der Waals surface area contributed by atoms with Gasteiger partial charge in [-0.15, -0.1) is 0 Å². The number of rotatable bonds is 6. The maximum atomic E-state index is 12.4. The van der Waals surface area contributed by atoms with Crippen molar-refractivity contribution in [2.75, 3.05) is 5.32 Å². The number of carbonyl (C=O) groups is 1. The molecule has 0 atom stereocenters. The monoisotopic (exact) mass is 412 g/mol. The van der Waals surface area contributed by atoms with Gasteiger partial charge < -0.3 is 9.88 Å². The SMILES string of the molecule is CCCCc1ccc(NC(=O)Cn2ccc(=O)c3cc(Br)ccc32)cc1. The van der Waals surface area contributed by atoms with Crippen LogP contribution in [0.2, 0.25) is 0 Å². The summed E-state index contributed by atoms with van der Waals surface area (Å²) in [6.45, 7) is 2.32. The second-order valence-electron chi connectivity index (χ2n) is 6.32. The highest BCUT2D eigenvalue weighted by Gasteiger charge is 2.08. The van der Waals surface area contributed by atoms with Gasteiger partial charge in [0, 0.05) is 27.8 Å². The van der Waals surface area contributed by atoms with Crippen LogP contribution in [0.1, 0.15) is 25.3 Å². The Morgan fingerprint density at radius 2 is 1.88 bits per heavy atom. The van der Waals surface area contributed by atoms with Gasteiger partial charge in [-0.3, -0.25) is 9.59 Å². The quantitative estimate of drug-likeness (QED) is 0.635. The Bertz CT molecular complexity index is 977. The lowest BCUT2D eigenvalue weighted by atomic mass is 10.1. The molecule has 134 valence electrons. The van der Waals surface area contributed by atoms with E-state index in [9.17, 15) is 9.59 Å². The fraction of sp³-hybridized carbons (Fsp3) is 0.238. The molecule has 1 amide bonds. The summed E-state index contributed by atoms with van der Waals surface area (Å²) in [7, 11) is 0. The fourth-order valence-electron chi connectivity index (χ4n) is 2.91. The minimum atomic E-state index is -0.126. The number of nitrogens with zero attached hydrogens (tertiary/aromatic N) is 1. The molecule has 0 bridgehead atoms. The Hall–Kier alpha value is -2.40. The Labute approximate surface area is 161 Å². The summed E-state index contributed by atoms with van der Waals surface area (Å²) < 4.78 is 2.63. The lowest BCUT2D eigenvalue weighted by molar-refractivity contribution is -0.116. The average molecular weight is 413 g/mol. The van der Waals surface area contributed by atoms with Crippen molar-refractivity contribution in [1.82, 2.24) is 4.57 Å². The zero-order valence-corrected chi connectivity index (χ0v) is 16.3. The smallest absolute Gasteiger partial charge is 0.244 e. The van der Waals surface area contributed by atoms with Crippen molar-refractivity contribution < 1.29 is 4.79 Å². The molecule has 0 spiro atoms. The highest BCUT2D eigenvalue weighted by atomic mass is 79.9. The number of halogens is 1. The number of amides is 1. The maximum Gasteiger partial charge on any atom is 0.244 e. The van der Waals surface area contributed by atoms with Gasteiger partial charge in [-0.25, -0.2) is 0 Å². The topological polar surface area (TPSA) is 51.1 Å². The minimum absolute atomic E-state index is 0.0550. The predicted molar refractivity (Wildman–Crippen MR) is 110 cm³/mol. The van der Waals surface area contributed by atoms with E-state index >= 15 is 0 Å². The lowest BCUT2D eigenvalue weighted by Gasteiger charge is -2.11. The van der Waals surface area contributed by atoms with Crippen LogP contribution < -0.4 is 10.7 Å². The molecule has 0 radical (unpaired) electrons. The molecule has 1 N–H and O–H groups in total. The molecule has 0 unspecified atom stereocenters. The molecule has 3 rings (SSSR count). The van der Waals surface area contributed by atoms with E-state index < -0.39 is 0 Å². The number of aryl methyl sites for hydroxylation is 1. The van der Waals surface area contributed by atoms with Gasteiger partial charge in [0.25, 0.3) is 0 Å². The van der Waals surface area contributed by atoms with E-state index in [1.165, 1.54) is 24.5 Å². The second kappa shape index (κ2) is 8.32. The summed E-state index contributed by atoms with van der Waals surface area (Å²) in [5.74, 6) is -0.126. The van der Waals surface area contributed by atoms with Crippen LogP contribution in [-0.2, 0) is 17.8 Å². The van der Waals surface area contributed by atoms with Gasteiger partial charge in [-0.2, -0.15) is 0 Å². The van der Waals surface area contributed by atoms with E-state index in [0.717, 1.165) is 22.1 Å². The molecule has 1 aromatic heterocycles. The number of aromatic nitrogens is 1. The van der Waals surface area contributed by atoms with Gasteiger partial charge in [0.15, 0.2) is 5.43 Å². The number of carbonyl (C=O) groups excluding carboxylic acids is 1. The van der Waals surface area contributed by atoms with Crippen LogP contribution in [-0.4, -0.2) is 10.5 Å². The van der Waals surface area contributed by atoms with Crippen LogP contribution in [0.4, 0.5) is 5.69 Å². The van der Waals surface area contributed by atoms with E-state index in [2.05, 4.69) is 40.3 Å². The number of anilines is 1. The molecule has 2 aromatic carbocycles. The first-order valence-corrected chi connectivity index (χ1v) is 9.53. The third kappa shape index (κ3) is 4.41. The third-order valence-electron chi connectivity index (χ3n) is 4.31. The first kappa shape index (κ1) is 18.4. The lowest BCUT2D eigenvalue weighted by Crippen LogP contribution is -2.20. The Balaban J connectivity index is 1.73. The van der Waals surface area contributed by atoms with Gasteiger partial charge in [0.05, 0.1) is 5.52 Å². The van der Waals surface area contributed by atoms with Gasteiger partial charge in [0.1, 0.15) is 6.54 Å². The Morgan fingerprint density at radius 1 is 1.12 bits per heavy atom. The summed E-state index contributed by atoms with van der Waals surface area (Å²) in [6, 6.07) is 15.0. The van der Waals surface area contributed by atoms with Gasteiger partial charge in [0.2, 0.25) is 5.91 Å². The molecule has 0 aliphatic carbocycles. The normalized spacial score (nSPS) is 10.8. The standard InChI is InChI=1S/C21H21BrN2O2/c1-2-3-4-15-5-8-17(9-6-15)23-21(26)14-24-12-11-20(25)18-13-16(22)7-10-19(18)24/h5-13H,2-4,14H2,1H3,(H,23,26). The number of unbranched alkanes of at least 4 members (excludes halogenated alkanes) is 1. The van der Waals surface area contributed by atoms with Crippen LogP contribution in [0.15, 0.2) is 64.0 Å². The largest absolute Gasteiger partial charge is 0.338 e. The minimum Gasteiger partial charge on any atom is -0.338 e. The zero-order valence-electron chi connectivity index (χ0n) is 14.7. The zero-order chi connectivity index (χ0) is 18.5. The second-order valence-corrected chi connectivity index (χ2v) is 7.23. The molecule has 1 heterocycles. The predicted octanol–water partition coefficient (Wildman–Crippen LogP) is 4.75. The molecule has 5 heteroatoms. The number of fused-ring (bicyclic) bond motifs is 1. The van der Waals surface area contributed by atoms with Gasteiger partial charge in [-0.1, -0.05) is 41.4 Å². The van der Waals surface area contributed by atoms with E-state index in [-0.39, 0.29) is 17.9 Å². The van der Waals surface area contributed by atoms with Crippen molar-refractivity contribution in [3.63, 3.8) is 0 Å². The van der Waals surface area contributed by atoms with E-state index in [4.69, 9.17) is 0 Å². The van der Waals surface area contributed by atoms with Crippen LogP contribution in [0.25, 0.3) is 10.9 Å². The summed E-state index contributed by atoms with van der Waals surface area (Å²) in [5.41, 5.74) is 2.75. The average Bonchev–Trinajstić information content (AvgIpc) is 2.63.